The first-order valence-corrected chi connectivity index (χ1v) is 12.3. The molecule has 6 rings (SSSR count). The lowest BCUT2D eigenvalue weighted by Gasteiger charge is -2.29. The number of nitrogens with zero attached hydrogens (tertiary/aromatic N) is 5. The van der Waals surface area contributed by atoms with Crippen molar-refractivity contribution >= 4 is 17.6 Å². The maximum atomic E-state index is 12.9. The van der Waals surface area contributed by atoms with Gasteiger partial charge in [0.1, 0.15) is 24.0 Å². The molecule has 13 nitrogen and oxygen atoms in total. The number of hydrogen-bond donors (Lipinski definition) is 2. The average Bonchev–Trinajstić information content (AvgIpc) is 3.67. The molecular weight excluding hydrogens is 496 g/mol. The molecule has 13 heteroatoms. The Morgan fingerprint density at radius 3 is 2.61 bits per heavy atom. The Morgan fingerprint density at radius 1 is 1.00 bits per heavy atom. The van der Waals surface area contributed by atoms with Crippen molar-refractivity contribution in [2.75, 3.05) is 44.4 Å². The second-order valence-electron chi connectivity index (χ2n) is 9.20. The quantitative estimate of drug-likeness (QED) is 0.460. The van der Waals surface area contributed by atoms with Crippen molar-refractivity contribution in [3.05, 3.63) is 59.7 Å². The minimum Gasteiger partial charge on any atom is -0.478 e. The normalized spacial score (nSPS) is 24.7. The van der Waals surface area contributed by atoms with Crippen LogP contribution in [0.25, 0.3) is 0 Å². The van der Waals surface area contributed by atoms with Gasteiger partial charge < -0.3 is 34.3 Å². The summed E-state index contributed by atoms with van der Waals surface area (Å²) in [5.41, 5.74) is 1.03. The maximum absolute atomic E-state index is 12.9. The van der Waals surface area contributed by atoms with Crippen LogP contribution in [0.5, 0.6) is 11.8 Å². The van der Waals surface area contributed by atoms with Crippen LogP contribution >= 0.6 is 0 Å². The summed E-state index contributed by atoms with van der Waals surface area (Å²) in [7, 11) is 0. The first-order chi connectivity index (χ1) is 18.6. The standard InChI is InChI=1S/C25H26N6O7/c32-23(17-6-1-2-7-18(17)24(33)34)26-19-13-36-22-20(14-37-21(19)22)31-25(27-28-29-31)38-16-5-3-4-15(12-16)30-8-10-35-11-9-30/h1-7,12,19-22H,8-11,13-14H2,(H,26,32)(H,33,34)/t19-,20-,21+,22+/m0/s1. The van der Waals surface area contributed by atoms with Crippen LogP contribution in [0.4, 0.5) is 5.69 Å². The minimum atomic E-state index is -1.17. The zero-order valence-electron chi connectivity index (χ0n) is 20.3. The number of amides is 1. The van der Waals surface area contributed by atoms with Crippen molar-refractivity contribution in [1.29, 1.82) is 0 Å². The van der Waals surface area contributed by atoms with E-state index in [0.717, 1.165) is 18.8 Å². The molecule has 0 aliphatic carbocycles. The molecule has 4 heterocycles. The largest absolute Gasteiger partial charge is 0.478 e. The number of tetrazole rings is 1. The number of fused-ring (bicyclic) bond motifs is 1. The molecule has 0 bridgehead atoms. The van der Waals surface area contributed by atoms with Crippen LogP contribution in [0.3, 0.4) is 0 Å². The molecule has 1 amide bonds. The fraction of sp³-hybridized carbons (Fsp3) is 0.400. The lowest BCUT2D eigenvalue weighted by Crippen LogP contribution is -2.44. The highest BCUT2D eigenvalue weighted by atomic mass is 16.6. The molecule has 1 aromatic heterocycles. The van der Waals surface area contributed by atoms with Crippen molar-refractivity contribution < 1.29 is 33.6 Å². The molecule has 3 fully saturated rings. The Balaban J connectivity index is 1.14. The van der Waals surface area contributed by atoms with E-state index in [1.54, 1.807) is 12.1 Å². The van der Waals surface area contributed by atoms with Gasteiger partial charge in [-0.05, 0) is 34.7 Å². The molecule has 3 aliphatic rings. The number of nitrogens with one attached hydrogen (secondary N) is 1. The third kappa shape index (κ3) is 4.66. The Labute approximate surface area is 217 Å². The highest BCUT2D eigenvalue weighted by Gasteiger charge is 2.50. The van der Waals surface area contributed by atoms with Crippen molar-refractivity contribution in [3.63, 3.8) is 0 Å². The van der Waals surface area contributed by atoms with Crippen LogP contribution in [0.15, 0.2) is 48.5 Å². The third-order valence-corrected chi connectivity index (χ3v) is 6.93. The molecule has 0 radical (unpaired) electrons. The van der Waals surface area contributed by atoms with E-state index in [1.165, 1.54) is 16.8 Å². The van der Waals surface area contributed by atoms with Crippen LogP contribution in [0.2, 0.25) is 0 Å². The molecular formula is C25H26N6O7. The number of aromatic nitrogens is 4. The van der Waals surface area contributed by atoms with Crippen LogP contribution in [0, 0.1) is 0 Å². The second kappa shape index (κ2) is 10.4. The van der Waals surface area contributed by atoms with Gasteiger partial charge in [-0.25, -0.2) is 4.79 Å². The summed E-state index contributed by atoms with van der Waals surface area (Å²) in [5.74, 6) is -1.08. The Bertz CT molecular complexity index is 1330. The molecule has 4 atom stereocenters. The lowest BCUT2D eigenvalue weighted by molar-refractivity contribution is 0.0606. The number of aromatic carboxylic acids is 1. The zero-order chi connectivity index (χ0) is 26.1. The Kier molecular flexibility index (Phi) is 6.62. The first-order valence-electron chi connectivity index (χ1n) is 12.3. The second-order valence-corrected chi connectivity index (χ2v) is 9.20. The summed E-state index contributed by atoms with van der Waals surface area (Å²) in [4.78, 5) is 26.6. The van der Waals surface area contributed by atoms with Crippen molar-refractivity contribution in [3.8, 4) is 11.8 Å². The summed E-state index contributed by atoms with van der Waals surface area (Å²) in [6.45, 7) is 3.43. The maximum Gasteiger partial charge on any atom is 0.341 e. The average molecular weight is 523 g/mol. The van der Waals surface area contributed by atoms with E-state index in [0.29, 0.717) is 19.0 Å². The number of ether oxygens (including phenoxy) is 4. The summed E-state index contributed by atoms with van der Waals surface area (Å²) in [6.07, 6.45) is -0.886. The molecule has 3 saturated heterocycles. The van der Waals surface area contributed by atoms with E-state index in [2.05, 4.69) is 25.7 Å². The molecule has 0 unspecified atom stereocenters. The van der Waals surface area contributed by atoms with Crippen LogP contribution in [-0.4, -0.2) is 95.0 Å². The number of rotatable bonds is 7. The minimum absolute atomic E-state index is 0.0705. The van der Waals surface area contributed by atoms with E-state index in [4.69, 9.17) is 18.9 Å². The molecule has 38 heavy (non-hydrogen) atoms. The van der Waals surface area contributed by atoms with Crippen LogP contribution in [0.1, 0.15) is 26.8 Å². The smallest absolute Gasteiger partial charge is 0.341 e. The summed E-state index contributed by atoms with van der Waals surface area (Å²) in [5, 5.41) is 24.2. The van der Waals surface area contributed by atoms with E-state index >= 15 is 0 Å². The lowest BCUT2D eigenvalue weighted by atomic mass is 10.0. The number of morpholine rings is 1. The summed E-state index contributed by atoms with van der Waals surface area (Å²) >= 11 is 0. The van der Waals surface area contributed by atoms with Gasteiger partial charge in [-0.3, -0.25) is 4.79 Å². The van der Waals surface area contributed by atoms with Gasteiger partial charge in [0.05, 0.1) is 43.6 Å². The van der Waals surface area contributed by atoms with Crippen molar-refractivity contribution in [2.45, 2.75) is 24.3 Å². The fourth-order valence-electron chi connectivity index (χ4n) is 5.06. The van der Waals surface area contributed by atoms with Gasteiger partial charge in [-0.1, -0.05) is 23.3 Å². The van der Waals surface area contributed by atoms with Gasteiger partial charge in [0.15, 0.2) is 0 Å². The molecule has 3 aromatic rings. The summed E-state index contributed by atoms with van der Waals surface area (Å²) < 4.78 is 25.0. The monoisotopic (exact) mass is 522 g/mol. The molecule has 0 spiro atoms. The van der Waals surface area contributed by atoms with Crippen molar-refractivity contribution in [2.24, 2.45) is 0 Å². The van der Waals surface area contributed by atoms with Gasteiger partial charge in [0.25, 0.3) is 5.91 Å². The van der Waals surface area contributed by atoms with Gasteiger partial charge in [0, 0.05) is 24.8 Å². The van der Waals surface area contributed by atoms with Gasteiger partial charge >= 0.3 is 12.0 Å². The molecule has 0 saturated carbocycles. The SMILES string of the molecule is O=C(O)c1ccccc1C(=O)N[C@H]1CO[C@H]2[C@@H]1OC[C@@H]2n1nnnc1Oc1cccc(N2CCOCC2)c1. The zero-order valence-corrected chi connectivity index (χ0v) is 20.3. The van der Waals surface area contributed by atoms with Crippen molar-refractivity contribution in [1.82, 2.24) is 25.5 Å². The third-order valence-electron chi connectivity index (χ3n) is 6.93. The van der Waals surface area contributed by atoms with E-state index < -0.39 is 30.1 Å². The molecule has 2 N–H and O–H groups in total. The number of carboxylic acids is 1. The predicted octanol–water partition coefficient (Wildman–Crippen LogP) is 1.14. The van der Waals surface area contributed by atoms with Gasteiger partial charge in [0.2, 0.25) is 0 Å². The number of carbonyl (C=O) groups excluding carboxylic acids is 1. The topological polar surface area (TPSA) is 150 Å². The van der Waals surface area contributed by atoms with E-state index in [1.807, 2.05) is 24.3 Å². The highest BCUT2D eigenvalue weighted by Crippen LogP contribution is 2.36. The van der Waals surface area contributed by atoms with Gasteiger partial charge in [-0.2, -0.15) is 4.68 Å². The van der Waals surface area contributed by atoms with Crippen LogP contribution in [-0.2, 0) is 14.2 Å². The highest BCUT2D eigenvalue weighted by molar-refractivity contribution is 6.04. The van der Waals surface area contributed by atoms with Gasteiger partial charge in [-0.15, -0.1) is 0 Å². The Hall–Kier alpha value is -4.07. The number of carboxylic acid groups (broad SMARTS) is 1. The first kappa shape index (κ1) is 24.3. The van der Waals surface area contributed by atoms with E-state index in [9.17, 15) is 14.7 Å². The number of benzene rings is 2. The Morgan fingerprint density at radius 2 is 1.79 bits per heavy atom. The van der Waals surface area contributed by atoms with Crippen LogP contribution < -0.4 is 15.0 Å². The van der Waals surface area contributed by atoms with E-state index in [-0.39, 0.29) is 36.4 Å². The number of carbonyl (C=O) groups is 2. The number of anilines is 1. The number of hydrogen-bond acceptors (Lipinski definition) is 10. The fourth-order valence-corrected chi connectivity index (χ4v) is 5.06. The predicted molar refractivity (Wildman–Crippen MR) is 131 cm³/mol. The molecule has 2 aromatic carbocycles. The molecule has 198 valence electrons. The summed E-state index contributed by atoms with van der Waals surface area (Å²) in [6, 6.07) is 13.1. The molecule has 3 aliphatic heterocycles.